The summed E-state index contributed by atoms with van der Waals surface area (Å²) in [6.45, 7) is 7.08. The monoisotopic (exact) mass is 481 g/mol. The fourth-order valence-corrected chi connectivity index (χ4v) is 4.44. The van der Waals surface area contributed by atoms with Gasteiger partial charge in [-0.2, -0.15) is 0 Å². The van der Waals surface area contributed by atoms with E-state index >= 15 is 0 Å². The molecule has 2 aromatic rings. The van der Waals surface area contributed by atoms with Crippen molar-refractivity contribution in [2.24, 2.45) is 0 Å². The van der Waals surface area contributed by atoms with Gasteiger partial charge >= 0.3 is 5.63 Å². The van der Waals surface area contributed by atoms with Crippen molar-refractivity contribution >= 4 is 36.4 Å². The van der Waals surface area contributed by atoms with Crippen LogP contribution in [0, 0.1) is 6.92 Å². The lowest BCUT2D eigenvalue weighted by Crippen LogP contribution is -2.30. The molecule has 0 spiro atoms. The Labute approximate surface area is 202 Å². The van der Waals surface area contributed by atoms with E-state index < -0.39 is 11.5 Å². The lowest BCUT2D eigenvalue weighted by Gasteiger charge is -2.22. The second-order valence-corrected chi connectivity index (χ2v) is 8.49. The molecule has 2 aliphatic heterocycles. The highest BCUT2D eigenvalue weighted by Crippen LogP contribution is 2.24. The van der Waals surface area contributed by atoms with Crippen LogP contribution in [-0.2, 0) is 6.42 Å². The van der Waals surface area contributed by atoms with E-state index in [1.54, 1.807) is 6.92 Å². The van der Waals surface area contributed by atoms with Gasteiger partial charge in [-0.1, -0.05) is 12.1 Å². The van der Waals surface area contributed by atoms with Gasteiger partial charge in [-0.15, -0.1) is 24.8 Å². The van der Waals surface area contributed by atoms with E-state index in [-0.39, 0.29) is 36.3 Å². The van der Waals surface area contributed by atoms with E-state index in [2.05, 4.69) is 15.5 Å². The molecule has 4 rings (SSSR count). The summed E-state index contributed by atoms with van der Waals surface area (Å²) in [5.74, 6) is 0.443. The fourth-order valence-electron chi connectivity index (χ4n) is 4.44. The minimum atomic E-state index is -0.560. The van der Waals surface area contributed by atoms with Crippen molar-refractivity contribution in [2.75, 3.05) is 38.0 Å². The molecule has 0 aliphatic carbocycles. The molecule has 1 atom stereocenters. The quantitative estimate of drug-likeness (QED) is 0.647. The van der Waals surface area contributed by atoms with Crippen molar-refractivity contribution in [3.05, 3.63) is 63.2 Å². The number of amides is 1. The molecule has 6 nitrogen and oxygen atoms in total. The molecule has 176 valence electrons. The number of rotatable bonds is 6. The zero-order valence-electron chi connectivity index (χ0n) is 18.5. The van der Waals surface area contributed by atoms with Crippen molar-refractivity contribution in [3.8, 4) is 0 Å². The molecule has 1 unspecified atom stereocenters. The summed E-state index contributed by atoms with van der Waals surface area (Å²) < 4.78 is 5.53. The summed E-state index contributed by atoms with van der Waals surface area (Å²) in [5.41, 5.74) is 2.12. The Morgan fingerprint density at radius 3 is 2.50 bits per heavy atom. The number of anilines is 1. The van der Waals surface area contributed by atoms with Crippen LogP contribution in [-0.4, -0.2) is 43.5 Å². The predicted molar refractivity (Wildman–Crippen MR) is 133 cm³/mol. The molecule has 0 bridgehead atoms. The number of benzene rings is 1. The van der Waals surface area contributed by atoms with Crippen molar-refractivity contribution in [3.63, 3.8) is 0 Å². The lowest BCUT2D eigenvalue weighted by atomic mass is 9.95. The highest BCUT2D eigenvalue weighted by atomic mass is 35.5. The molecule has 8 heteroatoms. The first kappa shape index (κ1) is 26.4. The summed E-state index contributed by atoms with van der Waals surface area (Å²) >= 11 is 0. The Morgan fingerprint density at radius 1 is 1.16 bits per heavy atom. The number of hydrogen-bond donors (Lipinski definition) is 2. The maximum absolute atomic E-state index is 12.7. The van der Waals surface area contributed by atoms with E-state index in [4.69, 9.17) is 4.42 Å². The standard InChI is InChI=1S/C24H31N3O3.2ClH/c1-17-15-21(19-5-4-11-25-16-19)30-24(29)22(17)23(28)26-20-8-6-18(7-9-20)10-14-27-12-2-3-13-27;;/h6-9,15,19,25H,2-5,10-14,16H2,1H3,(H,26,28);2*1H. The van der Waals surface area contributed by atoms with Gasteiger partial charge in [-0.3, -0.25) is 4.79 Å². The first-order valence-electron chi connectivity index (χ1n) is 11.1. The van der Waals surface area contributed by atoms with Gasteiger partial charge in [0.05, 0.1) is 0 Å². The first-order chi connectivity index (χ1) is 14.6. The number of nitrogens with zero attached hydrogens (tertiary/aromatic N) is 1. The van der Waals surface area contributed by atoms with Gasteiger partial charge in [0.15, 0.2) is 0 Å². The van der Waals surface area contributed by atoms with Gasteiger partial charge < -0.3 is 20.0 Å². The molecule has 2 N–H and O–H groups in total. The molecule has 3 heterocycles. The first-order valence-corrected chi connectivity index (χ1v) is 11.1. The lowest BCUT2D eigenvalue weighted by molar-refractivity contribution is 0.102. The molecular weight excluding hydrogens is 449 g/mol. The number of hydrogen-bond acceptors (Lipinski definition) is 5. The Kier molecular flexibility index (Phi) is 10.2. The van der Waals surface area contributed by atoms with Crippen LogP contribution in [0.2, 0.25) is 0 Å². The maximum atomic E-state index is 12.7. The summed E-state index contributed by atoms with van der Waals surface area (Å²) in [6, 6.07) is 9.72. The molecular formula is C24H33Cl2N3O3. The van der Waals surface area contributed by atoms with Crippen LogP contribution in [0.3, 0.4) is 0 Å². The van der Waals surface area contributed by atoms with Crippen LogP contribution in [0.25, 0.3) is 0 Å². The van der Waals surface area contributed by atoms with E-state index in [0.29, 0.717) is 17.0 Å². The number of halogens is 2. The molecule has 1 aromatic heterocycles. The number of carbonyl (C=O) groups excluding carboxylic acids is 1. The zero-order valence-corrected chi connectivity index (χ0v) is 20.2. The highest BCUT2D eigenvalue weighted by molar-refractivity contribution is 6.04. The van der Waals surface area contributed by atoms with Crippen molar-refractivity contribution in [1.29, 1.82) is 0 Å². The molecule has 1 aromatic carbocycles. The molecule has 0 radical (unpaired) electrons. The van der Waals surface area contributed by atoms with Crippen LogP contribution in [0.1, 0.15) is 58.8 Å². The smallest absolute Gasteiger partial charge is 0.349 e. The third kappa shape index (κ3) is 6.58. The molecule has 0 saturated carbocycles. The Balaban J connectivity index is 0.00000181. The van der Waals surface area contributed by atoms with Gasteiger partial charge in [-0.25, -0.2) is 4.79 Å². The number of piperidine rings is 1. The average Bonchev–Trinajstić information content (AvgIpc) is 3.27. The molecule has 2 fully saturated rings. The normalized spacial score (nSPS) is 18.5. The SMILES string of the molecule is Cc1cc(C2CCCNC2)oc(=O)c1C(=O)Nc1ccc(CCN2CCCC2)cc1.Cl.Cl. The average molecular weight is 482 g/mol. The molecule has 2 aliphatic rings. The Bertz CT molecular complexity index is 934. The van der Waals surface area contributed by atoms with Crippen LogP contribution in [0.15, 0.2) is 39.5 Å². The largest absolute Gasteiger partial charge is 0.427 e. The minimum absolute atomic E-state index is 0. The predicted octanol–water partition coefficient (Wildman–Crippen LogP) is 4.15. The van der Waals surface area contributed by atoms with Gasteiger partial charge in [0.25, 0.3) is 5.91 Å². The molecule has 32 heavy (non-hydrogen) atoms. The molecule has 2 saturated heterocycles. The third-order valence-corrected chi connectivity index (χ3v) is 6.22. The van der Waals surface area contributed by atoms with Crippen LogP contribution in [0.5, 0.6) is 0 Å². The highest BCUT2D eigenvalue weighted by Gasteiger charge is 2.22. The number of carbonyl (C=O) groups is 1. The van der Waals surface area contributed by atoms with Crippen molar-refractivity contribution in [2.45, 2.75) is 44.9 Å². The van der Waals surface area contributed by atoms with Gasteiger partial charge in [-0.05, 0) is 88.0 Å². The zero-order chi connectivity index (χ0) is 20.9. The summed E-state index contributed by atoms with van der Waals surface area (Å²) in [6.07, 6.45) is 5.66. The van der Waals surface area contributed by atoms with E-state index in [1.165, 1.54) is 31.5 Å². The third-order valence-electron chi connectivity index (χ3n) is 6.22. The summed E-state index contributed by atoms with van der Waals surface area (Å²) in [7, 11) is 0. The number of likely N-dealkylation sites (tertiary alicyclic amines) is 1. The number of nitrogens with one attached hydrogen (secondary N) is 2. The van der Waals surface area contributed by atoms with Crippen molar-refractivity contribution < 1.29 is 9.21 Å². The fraction of sp³-hybridized carbons (Fsp3) is 0.500. The van der Waals surface area contributed by atoms with Gasteiger partial charge in [0, 0.05) is 24.7 Å². The van der Waals surface area contributed by atoms with Crippen molar-refractivity contribution in [1.82, 2.24) is 10.2 Å². The summed E-state index contributed by atoms with van der Waals surface area (Å²) in [5, 5.41) is 6.17. The molecule has 1 amide bonds. The van der Waals surface area contributed by atoms with Crippen LogP contribution in [0.4, 0.5) is 5.69 Å². The minimum Gasteiger partial charge on any atom is -0.427 e. The van der Waals surface area contributed by atoms with E-state index in [0.717, 1.165) is 38.9 Å². The topological polar surface area (TPSA) is 74.6 Å². The Morgan fingerprint density at radius 2 is 1.88 bits per heavy atom. The number of aryl methyl sites for hydroxylation is 1. The van der Waals surface area contributed by atoms with Gasteiger partial charge in [0.1, 0.15) is 11.3 Å². The second kappa shape index (κ2) is 12.4. The maximum Gasteiger partial charge on any atom is 0.349 e. The second-order valence-electron chi connectivity index (χ2n) is 8.49. The van der Waals surface area contributed by atoms with Crippen LogP contribution >= 0.6 is 24.8 Å². The van der Waals surface area contributed by atoms with E-state index in [9.17, 15) is 9.59 Å². The van der Waals surface area contributed by atoms with Gasteiger partial charge in [0.2, 0.25) is 0 Å². The van der Waals surface area contributed by atoms with Crippen LogP contribution < -0.4 is 16.3 Å². The Hall–Kier alpha value is -1.86. The van der Waals surface area contributed by atoms with E-state index in [1.807, 2.05) is 30.3 Å². The summed E-state index contributed by atoms with van der Waals surface area (Å²) in [4.78, 5) is 27.8.